The Labute approximate surface area is 118 Å². The van der Waals surface area contributed by atoms with Crippen LogP contribution < -0.4 is 5.73 Å². The molecule has 0 aliphatic rings. The molecule has 0 aliphatic heterocycles. The number of aryl methyl sites for hydroxylation is 1. The van der Waals surface area contributed by atoms with Crippen molar-refractivity contribution in [2.75, 3.05) is 5.73 Å². The first kappa shape index (κ1) is 14.1. The molecule has 2 aromatic rings. The Morgan fingerprint density at radius 1 is 1.25 bits per heavy atom. The summed E-state index contributed by atoms with van der Waals surface area (Å²) >= 11 is 0. The van der Waals surface area contributed by atoms with Gasteiger partial charge in [-0.05, 0) is 30.5 Å². The fourth-order valence-corrected chi connectivity index (χ4v) is 2.26. The number of carboxylic acid groups (broad SMARTS) is 1. The van der Waals surface area contributed by atoms with Crippen LogP contribution in [-0.2, 0) is 19.4 Å². The van der Waals surface area contributed by atoms with Gasteiger partial charge in [-0.25, -0.2) is 4.79 Å². The number of aromatic carboxylic acids is 1. The normalized spacial score (nSPS) is 10.7. The first-order valence-electron chi connectivity index (χ1n) is 6.73. The summed E-state index contributed by atoms with van der Waals surface area (Å²) in [5.41, 5.74) is 10.1. The number of rotatable bonds is 5. The third-order valence-electron chi connectivity index (χ3n) is 3.38. The standard InChI is InChI=1S/C15H19N3O2/c1-3-12-14(16)13(4-2)18(17-12)9-10-5-7-11(8-6-10)15(19)20/h5-8H,3-4,9,16H2,1-2H3,(H,19,20). The van der Waals surface area contributed by atoms with Gasteiger partial charge >= 0.3 is 5.97 Å². The van der Waals surface area contributed by atoms with E-state index in [4.69, 9.17) is 10.8 Å². The zero-order valence-corrected chi connectivity index (χ0v) is 11.8. The fraction of sp³-hybridized carbons (Fsp3) is 0.333. The molecule has 0 fully saturated rings. The number of aromatic nitrogens is 2. The van der Waals surface area contributed by atoms with Gasteiger partial charge in [0.15, 0.2) is 0 Å². The van der Waals surface area contributed by atoms with Crippen LogP contribution in [-0.4, -0.2) is 20.9 Å². The van der Waals surface area contributed by atoms with Crippen molar-refractivity contribution in [3.8, 4) is 0 Å². The maximum atomic E-state index is 10.8. The van der Waals surface area contributed by atoms with Crippen LogP contribution in [0.2, 0.25) is 0 Å². The summed E-state index contributed by atoms with van der Waals surface area (Å²) in [6, 6.07) is 6.84. The molecule has 106 valence electrons. The van der Waals surface area contributed by atoms with Gasteiger partial charge in [0.2, 0.25) is 0 Å². The van der Waals surface area contributed by atoms with Crippen LogP contribution >= 0.6 is 0 Å². The minimum atomic E-state index is -0.914. The number of anilines is 1. The van der Waals surface area contributed by atoms with Crippen LogP contribution in [0.4, 0.5) is 5.69 Å². The SMILES string of the molecule is CCc1nn(Cc2ccc(C(=O)O)cc2)c(CC)c1N. The van der Waals surface area contributed by atoms with Crippen LogP contribution in [0.15, 0.2) is 24.3 Å². The lowest BCUT2D eigenvalue weighted by molar-refractivity contribution is 0.0697. The van der Waals surface area contributed by atoms with Gasteiger partial charge in [-0.2, -0.15) is 5.10 Å². The molecule has 0 unspecified atom stereocenters. The van der Waals surface area contributed by atoms with E-state index in [1.165, 1.54) is 0 Å². The number of nitrogens with two attached hydrogens (primary N) is 1. The Hall–Kier alpha value is -2.30. The third-order valence-corrected chi connectivity index (χ3v) is 3.38. The molecule has 20 heavy (non-hydrogen) atoms. The molecule has 1 heterocycles. The van der Waals surface area contributed by atoms with Crippen LogP contribution in [0.3, 0.4) is 0 Å². The van der Waals surface area contributed by atoms with Gasteiger partial charge in [-0.3, -0.25) is 4.68 Å². The molecule has 0 amide bonds. The monoisotopic (exact) mass is 273 g/mol. The highest BCUT2D eigenvalue weighted by Crippen LogP contribution is 2.19. The Morgan fingerprint density at radius 3 is 2.40 bits per heavy atom. The van der Waals surface area contributed by atoms with E-state index in [1.807, 2.05) is 23.7 Å². The number of hydrogen-bond donors (Lipinski definition) is 2. The van der Waals surface area contributed by atoms with Crippen molar-refractivity contribution < 1.29 is 9.90 Å². The van der Waals surface area contributed by atoms with Crippen LogP contribution in [0.25, 0.3) is 0 Å². The van der Waals surface area contributed by atoms with Crippen molar-refractivity contribution in [3.05, 3.63) is 46.8 Å². The van der Waals surface area contributed by atoms with E-state index < -0.39 is 5.97 Å². The quantitative estimate of drug-likeness (QED) is 0.876. The van der Waals surface area contributed by atoms with Crippen molar-refractivity contribution in [3.63, 3.8) is 0 Å². The van der Waals surface area contributed by atoms with Gasteiger partial charge in [0.25, 0.3) is 0 Å². The molecule has 0 saturated carbocycles. The van der Waals surface area contributed by atoms with Gasteiger partial charge in [0, 0.05) is 0 Å². The summed E-state index contributed by atoms with van der Waals surface area (Å²) in [5, 5.41) is 13.4. The van der Waals surface area contributed by atoms with Crippen LogP contribution in [0.1, 0.15) is 41.2 Å². The second kappa shape index (κ2) is 5.77. The van der Waals surface area contributed by atoms with Crippen LogP contribution in [0, 0.1) is 0 Å². The summed E-state index contributed by atoms with van der Waals surface area (Å²) in [4.78, 5) is 10.8. The number of carboxylic acids is 1. The average molecular weight is 273 g/mol. The maximum Gasteiger partial charge on any atom is 0.335 e. The zero-order chi connectivity index (χ0) is 14.7. The number of hydrogen-bond acceptors (Lipinski definition) is 3. The van der Waals surface area contributed by atoms with E-state index in [9.17, 15) is 4.79 Å². The molecule has 0 atom stereocenters. The summed E-state index contributed by atoms with van der Waals surface area (Å²) in [6.07, 6.45) is 1.63. The Morgan fingerprint density at radius 2 is 1.90 bits per heavy atom. The molecule has 1 aromatic carbocycles. The topological polar surface area (TPSA) is 81.1 Å². The molecule has 3 N–H and O–H groups in total. The number of nitrogen functional groups attached to an aromatic ring is 1. The molecule has 0 aliphatic carbocycles. The zero-order valence-electron chi connectivity index (χ0n) is 11.8. The van der Waals surface area contributed by atoms with Crippen molar-refractivity contribution >= 4 is 11.7 Å². The van der Waals surface area contributed by atoms with Gasteiger partial charge in [0.05, 0.1) is 29.2 Å². The number of nitrogens with zero attached hydrogens (tertiary/aromatic N) is 2. The van der Waals surface area contributed by atoms with E-state index in [0.29, 0.717) is 12.1 Å². The van der Waals surface area contributed by atoms with E-state index >= 15 is 0 Å². The van der Waals surface area contributed by atoms with Crippen LogP contribution in [0.5, 0.6) is 0 Å². The Balaban J connectivity index is 2.27. The predicted octanol–water partition coefficient (Wildman–Crippen LogP) is 2.34. The summed E-state index contributed by atoms with van der Waals surface area (Å²) in [6.45, 7) is 4.69. The molecule has 0 radical (unpaired) electrons. The molecule has 1 aromatic heterocycles. The Kier molecular flexibility index (Phi) is 4.08. The first-order valence-corrected chi connectivity index (χ1v) is 6.73. The lowest BCUT2D eigenvalue weighted by Gasteiger charge is -2.07. The highest BCUT2D eigenvalue weighted by atomic mass is 16.4. The van der Waals surface area contributed by atoms with Gasteiger partial charge in [-0.15, -0.1) is 0 Å². The molecule has 2 rings (SSSR count). The largest absolute Gasteiger partial charge is 0.478 e. The number of carbonyl (C=O) groups is 1. The van der Waals surface area contributed by atoms with E-state index in [-0.39, 0.29) is 0 Å². The van der Waals surface area contributed by atoms with E-state index in [0.717, 1.165) is 35.5 Å². The van der Waals surface area contributed by atoms with Crippen molar-refractivity contribution in [1.82, 2.24) is 9.78 Å². The summed E-state index contributed by atoms with van der Waals surface area (Å²) < 4.78 is 1.91. The highest BCUT2D eigenvalue weighted by molar-refractivity contribution is 5.87. The molecule has 0 spiro atoms. The first-order chi connectivity index (χ1) is 9.56. The highest BCUT2D eigenvalue weighted by Gasteiger charge is 2.12. The predicted molar refractivity (Wildman–Crippen MR) is 77.9 cm³/mol. The minimum Gasteiger partial charge on any atom is -0.478 e. The van der Waals surface area contributed by atoms with E-state index in [2.05, 4.69) is 12.0 Å². The van der Waals surface area contributed by atoms with Gasteiger partial charge in [0.1, 0.15) is 0 Å². The minimum absolute atomic E-state index is 0.290. The smallest absolute Gasteiger partial charge is 0.335 e. The third kappa shape index (κ3) is 2.66. The molecule has 0 saturated heterocycles. The lowest BCUT2D eigenvalue weighted by Crippen LogP contribution is -2.07. The molecule has 5 nitrogen and oxygen atoms in total. The second-order valence-electron chi connectivity index (χ2n) is 4.67. The lowest BCUT2D eigenvalue weighted by atomic mass is 10.1. The summed E-state index contributed by atoms with van der Waals surface area (Å²) in [7, 11) is 0. The van der Waals surface area contributed by atoms with Gasteiger partial charge in [-0.1, -0.05) is 26.0 Å². The van der Waals surface area contributed by atoms with E-state index in [1.54, 1.807) is 12.1 Å². The fourth-order valence-electron chi connectivity index (χ4n) is 2.26. The maximum absolute atomic E-state index is 10.8. The molecular formula is C15H19N3O2. The molecule has 5 heteroatoms. The Bertz CT molecular complexity index is 615. The van der Waals surface area contributed by atoms with Crippen molar-refractivity contribution in [2.45, 2.75) is 33.2 Å². The summed E-state index contributed by atoms with van der Waals surface area (Å²) in [5.74, 6) is -0.914. The van der Waals surface area contributed by atoms with Crippen molar-refractivity contribution in [2.24, 2.45) is 0 Å². The molecular weight excluding hydrogens is 254 g/mol. The van der Waals surface area contributed by atoms with Crippen molar-refractivity contribution in [1.29, 1.82) is 0 Å². The molecule has 0 bridgehead atoms. The second-order valence-corrected chi connectivity index (χ2v) is 4.67. The average Bonchev–Trinajstić information content (AvgIpc) is 2.74. The number of benzene rings is 1. The van der Waals surface area contributed by atoms with Gasteiger partial charge < -0.3 is 10.8 Å².